The number of aromatic amines is 1. The molecule has 0 radical (unpaired) electrons. The SMILES string of the molecule is COc1cc(/C=N/Nc2nc(SCC(=O)Nc3ccccc3Cl)n[nH]2)c([N+](=O)[O-])cc1O. The fraction of sp³-hybridized carbons (Fsp3) is 0.111. The van der Waals surface area contributed by atoms with Crippen LogP contribution < -0.4 is 15.5 Å². The second-order valence-corrected chi connectivity index (χ2v) is 7.34. The van der Waals surface area contributed by atoms with E-state index in [1.54, 1.807) is 24.3 Å². The molecular formula is C18H16ClN7O5S. The van der Waals surface area contributed by atoms with Gasteiger partial charge in [0.1, 0.15) is 0 Å². The third-order valence-corrected chi connectivity index (χ3v) is 5.02. The molecule has 0 aliphatic rings. The van der Waals surface area contributed by atoms with E-state index in [4.69, 9.17) is 16.3 Å². The van der Waals surface area contributed by atoms with Crippen molar-refractivity contribution in [3.8, 4) is 11.5 Å². The molecule has 2 aromatic carbocycles. The average molecular weight is 478 g/mol. The van der Waals surface area contributed by atoms with Crippen molar-refractivity contribution >= 4 is 52.8 Å². The van der Waals surface area contributed by atoms with Gasteiger partial charge in [-0.15, -0.1) is 5.10 Å². The monoisotopic (exact) mass is 477 g/mol. The molecule has 3 rings (SSSR count). The van der Waals surface area contributed by atoms with Crippen LogP contribution in [0.3, 0.4) is 0 Å². The number of anilines is 2. The van der Waals surface area contributed by atoms with Gasteiger partial charge in [0.2, 0.25) is 17.0 Å². The largest absolute Gasteiger partial charge is 0.504 e. The van der Waals surface area contributed by atoms with E-state index < -0.39 is 4.92 Å². The summed E-state index contributed by atoms with van der Waals surface area (Å²) in [6.07, 6.45) is 1.17. The number of nitrogens with one attached hydrogen (secondary N) is 3. The number of aromatic nitrogens is 3. The number of amides is 1. The zero-order valence-corrected chi connectivity index (χ0v) is 18.0. The number of hydrogen-bond acceptors (Lipinski definition) is 10. The molecule has 0 unspecified atom stereocenters. The zero-order valence-electron chi connectivity index (χ0n) is 16.4. The van der Waals surface area contributed by atoms with Crippen molar-refractivity contribution in [2.75, 3.05) is 23.6 Å². The van der Waals surface area contributed by atoms with Crippen molar-refractivity contribution in [2.45, 2.75) is 5.16 Å². The number of carbonyl (C=O) groups is 1. The molecule has 4 N–H and O–H groups in total. The highest BCUT2D eigenvalue weighted by molar-refractivity contribution is 7.99. The van der Waals surface area contributed by atoms with Crippen LogP contribution in [0, 0.1) is 10.1 Å². The predicted octanol–water partition coefficient (Wildman–Crippen LogP) is 3.26. The maximum Gasteiger partial charge on any atom is 0.282 e. The molecule has 166 valence electrons. The Morgan fingerprint density at radius 3 is 2.94 bits per heavy atom. The van der Waals surface area contributed by atoms with E-state index in [1.807, 2.05) is 0 Å². The number of thioether (sulfide) groups is 1. The average Bonchev–Trinajstić information content (AvgIpc) is 3.22. The van der Waals surface area contributed by atoms with E-state index in [9.17, 15) is 20.0 Å². The van der Waals surface area contributed by atoms with Gasteiger partial charge in [-0.05, 0) is 18.2 Å². The lowest BCUT2D eigenvalue weighted by Gasteiger charge is -2.05. The van der Waals surface area contributed by atoms with Crippen LogP contribution in [0.4, 0.5) is 17.3 Å². The zero-order chi connectivity index (χ0) is 23.1. The van der Waals surface area contributed by atoms with Crippen LogP contribution in [0.2, 0.25) is 5.02 Å². The fourth-order valence-electron chi connectivity index (χ4n) is 2.40. The van der Waals surface area contributed by atoms with E-state index in [1.165, 1.54) is 19.4 Å². The number of hydrogen-bond donors (Lipinski definition) is 4. The highest BCUT2D eigenvalue weighted by Gasteiger charge is 2.17. The molecule has 3 aromatic rings. The summed E-state index contributed by atoms with van der Waals surface area (Å²) in [5.41, 5.74) is 2.80. The first-order valence-electron chi connectivity index (χ1n) is 8.81. The number of methoxy groups -OCH3 is 1. The number of carbonyl (C=O) groups excluding carboxylic acids is 1. The van der Waals surface area contributed by atoms with Gasteiger partial charge in [0.05, 0.1) is 46.3 Å². The van der Waals surface area contributed by atoms with E-state index in [0.717, 1.165) is 17.8 Å². The van der Waals surface area contributed by atoms with Gasteiger partial charge in [-0.3, -0.25) is 14.9 Å². The molecule has 0 aliphatic carbocycles. The maximum atomic E-state index is 12.1. The second-order valence-electron chi connectivity index (χ2n) is 5.99. The van der Waals surface area contributed by atoms with Gasteiger partial charge < -0.3 is 15.2 Å². The molecule has 0 spiro atoms. The minimum absolute atomic E-state index is 0.0469. The first-order chi connectivity index (χ1) is 15.4. The molecule has 0 saturated heterocycles. The Labute approximate surface area is 190 Å². The number of nitrogens with zero attached hydrogens (tertiary/aromatic N) is 4. The first-order valence-corrected chi connectivity index (χ1v) is 10.2. The molecule has 1 aromatic heterocycles. The van der Waals surface area contributed by atoms with Crippen LogP contribution in [0.1, 0.15) is 5.56 Å². The molecule has 0 atom stereocenters. The molecule has 1 heterocycles. The number of nitro benzene ring substituents is 1. The third kappa shape index (κ3) is 5.86. The van der Waals surface area contributed by atoms with Gasteiger partial charge in [-0.2, -0.15) is 10.1 Å². The van der Waals surface area contributed by atoms with Crippen molar-refractivity contribution in [1.82, 2.24) is 15.2 Å². The standard InChI is InChI=1S/C18H16ClN7O5S/c1-31-15-6-10(13(26(29)30)7-14(15)27)8-20-23-17-22-18(25-24-17)32-9-16(28)21-12-5-3-2-4-11(12)19/h2-8,27H,9H2,1H3,(H,21,28)(H2,22,23,24,25)/b20-8+. The summed E-state index contributed by atoms with van der Waals surface area (Å²) in [6.45, 7) is 0. The van der Waals surface area contributed by atoms with Crippen LogP contribution in [0.15, 0.2) is 46.7 Å². The van der Waals surface area contributed by atoms with E-state index in [0.29, 0.717) is 10.7 Å². The maximum absolute atomic E-state index is 12.1. The Morgan fingerprint density at radius 2 is 2.22 bits per heavy atom. The van der Waals surface area contributed by atoms with Crippen molar-refractivity contribution in [3.05, 3.63) is 57.1 Å². The molecule has 0 aliphatic heterocycles. The highest BCUT2D eigenvalue weighted by Crippen LogP contribution is 2.32. The number of aromatic hydroxyl groups is 1. The number of phenols is 1. The van der Waals surface area contributed by atoms with Gasteiger partial charge in [0, 0.05) is 0 Å². The van der Waals surface area contributed by atoms with E-state index in [-0.39, 0.29) is 45.5 Å². The predicted molar refractivity (Wildman–Crippen MR) is 120 cm³/mol. The Balaban J connectivity index is 1.58. The molecule has 0 bridgehead atoms. The number of halogens is 1. The number of rotatable bonds is 9. The quantitative estimate of drug-likeness (QED) is 0.156. The van der Waals surface area contributed by atoms with Crippen LogP contribution >= 0.6 is 23.4 Å². The van der Waals surface area contributed by atoms with Crippen molar-refractivity contribution in [2.24, 2.45) is 5.10 Å². The Hall–Kier alpha value is -3.84. The summed E-state index contributed by atoms with van der Waals surface area (Å²) in [6, 6.07) is 9.11. The Morgan fingerprint density at radius 1 is 1.44 bits per heavy atom. The lowest BCUT2D eigenvalue weighted by Crippen LogP contribution is -2.14. The first kappa shape index (κ1) is 22.8. The second kappa shape index (κ2) is 10.5. The molecule has 32 heavy (non-hydrogen) atoms. The van der Waals surface area contributed by atoms with Crippen LogP contribution in [0.25, 0.3) is 0 Å². The van der Waals surface area contributed by atoms with Gasteiger partial charge in [-0.1, -0.05) is 35.5 Å². The van der Waals surface area contributed by atoms with E-state index >= 15 is 0 Å². The fourth-order valence-corrected chi connectivity index (χ4v) is 3.18. The minimum Gasteiger partial charge on any atom is -0.504 e. The highest BCUT2D eigenvalue weighted by atomic mass is 35.5. The lowest BCUT2D eigenvalue weighted by molar-refractivity contribution is -0.385. The summed E-state index contributed by atoms with van der Waals surface area (Å²) in [5.74, 6) is -0.381. The number of nitro groups is 1. The van der Waals surface area contributed by atoms with Gasteiger partial charge >= 0.3 is 0 Å². The molecular weight excluding hydrogens is 462 g/mol. The Kier molecular flexibility index (Phi) is 7.46. The van der Waals surface area contributed by atoms with Gasteiger partial charge in [0.15, 0.2) is 11.5 Å². The summed E-state index contributed by atoms with van der Waals surface area (Å²) in [4.78, 5) is 26.7. The summed E-state index contributed by atoms with van der Waals surface area (Å²) < 4.78 is 4.95. The Bertz CT molecular complexity index is 1170. The lowest BCUT2D eigenvalue weighted by atomic mass is 10.1. The van der Waals surface area contributed by atoms with Gasteiger partial charge in [-0.25, -0.2) is 10.5 Å². The van der Waals surface area contributed by atoms with Crippen LogP contribution in [-0.2, 0) is 4.79 Å². The number of hydrazone groups is 1. The van der Waals surface area contributed by atoms with Crippen molar-refractivity contribution < 1.29 is 19.6 Å². The van der Waals surface area contributed by atoms with Crippen LogP contribution in [0.5, 0.6) is 11.5 Å². The van der Waals surface area contributed by atoms with Crippen molar-refractivity contribution in [3.63, 3.8) is 0 Å². The summed E-state index contributed by atoms with van der Waals surface area (Å²) in [5, 5.41) is 34.7. The molecule has 0 fully saturated rings. The van der Waals surface area contributed by atoms with E-state index in [2.05, 4.69) is 31.0 Å². The summed E-state index contributed by atoms with van der Waals surface area (Å²) >= 11 is 7.09. The molecule has 14 heteroatoms. The smallest absolute Gasteiger partial charge is 0.282 e. The normalized spacial score (nSPS) is 10.8. The number of H-pyrrole nitrogens is 1. The topological polar surface area (TPSA) is 168 Å². The molecule has 0 saturated carbocycles. The summed E-state index contributed by atoms with van der Waals surface area (Å²) in [7, 11) is 1.32. The van der Waals surface area contributed by atoms with Gasteiger partial charge in [0.25, 0.3) is 5.69 Å². The van der Waals surface area contributed by atoms with Crippen molar-refractivity contribution in [1.29, 1.82) is 0 Å². The number of ether oxygens (including phenoxy) is 1. The van der Waals surface area contributed by atoms with Crippen LogP contribution in [-0.4, -0.2) is 50.2 Å². The number of para-hydroxylation sites is 1. The number of phenolic OH excluding ortho intramolecular Hbond substituents is 1. The molecule has 1 amide bonds. The third-order valence-electron chi connectivity index (χ3n) is 3.84. The molecule has 12 nitrogen and oxygen atoms in total. The minimum atomic E-state index is -0.655. The number of benzene rings is 2.